The van der Waals surface area contributed by atoms with E-state index in [1.54, 1.807) is 16.7 Å². The zero-order chi connectivity index (χ0) is 21.6. The van der Waals surface area contributed by atoms with Gasteiger partial charge in [0.05, 0.1) is 18.7 Å². The van der Waals surface area contributed by atoms with Crippen molar-refractivity contribution >= 4 is 22.9 Å². The van der Waals surface area contributed by atoms with Crippen molar-refractivity contribution in [3.63, 3.8) is 0 Å². The SMILES string of the molecule is CN1CCN(CCCOC(=O)Nc2cccc(Cn3c(=O)oc4ccccc43)c2)CC1. The van der Waals surface area contributed by atoms with E-state index in [2.05, 4.69) is 22.2 Å². The quantitative estimate of drug-likeness (QED) is 0.588. The lowest BCUT2D eigenvalue weighted by Crippen LogP contribution is -2.44. The summed E-state index contributed by atoms with van der Waals surface area (Å²) >= 11 is 0. The van der Waals surface area contributed by atoms with E-state index in [1.165, 1.54) is 0 Å². The first-order chi connectivity index (χ1) is 15.1. The summed E-state index contributed by atoms with van der Waals surface area (Å²) in [6, 6.07) is 14.7. The molecule has 1 aliphatic heterocycles. The molecular formula is C23H28N4O4. The molecule has 2 aromatic carbocycles. The van der Waals surface area contributed by atoms with Crippen LogP contribution in [0.15, 0.2) is 57.7 Å². The van der Waals surface area contributed by atoms with Crippen LogP contribution in [0.3, 0.4) is 0 Å². The predicted octanol–water partition coefficient (Wildman–Crippen LogP) is 2.83. The van der Waals surface area contributed by atoms with Crippen LogP contribution in [0, 0.1) is 0 Å². The molecule has 1 saturated heterocycles. The minimum atomic E-state index is -0.471. The minimum Gasteiger partial charge on any atom is -0.449 e. The number of ether oxygens (including phenoxy) is 1. The Bertz CT molecular complexity index is 1080. The van der Waals surface area contributed by atoms with Crippen LogP contribution in [0.2, 0.25) is 0 Å². The third kappa shape index (κ3) is 5.53. The highest BCUT2D eigenvalue weighted by molar-refractivity contribution is 5.84. The Labute approximate surface area is 181 Å². The second-order valence-electron chi connectivity index (χ2n) is 7.88. The summed E-state index contributed by atoms with van der Waals surface area (Å²) < 4.78 is 12.2. The monoisotopic (exact) mass is 424 g/mol. The first-order valence-electron chi connectivity index (χ1n) is 10.6. The molecule has 164 valence electrons. The maximum Gasteiger partial charge on any atom is 0.420 e. The zero-order valence-corrected chi connectivity index (χ0v) is 17.8. The van der Waals surface area contributed by atoms with Gasteiger partial charge in [-0.2, -0.15) is 0 Å². The van der Waals surface area contributed by atoms with Gasteiger partial charge in [-0.25, -0.2) is 9.59 Å². The number of rotatable bonds is 7. The van der Waals surface area contributed by atoms with Gasteiger partial charge in [-0.3, -0.25) is 9.88 Å². The topological polar surface area (TPSA) is 80.0 Å². The van der Waals surface area contributed by atoms with Gasteiger partial charge < -0.3 is 19.0 Å². The molecule has 0 aliphatic carbocycles. The van der Waals surface area contributed by atoms with Crippen molar-refractivity contribution in [2.75, 3.05) is 51.7 Å². The number of para-hydroxylation sites is 2. The lowest BCUT2D eigenvalue weighted by atomic mass is 10.2. The second kappa shape index (κ2) is 9.80. The molecule has 1 aromatic heterocycles. The summed E-state index contributed by atoms with van der Waals surface area (Å²) in [5.74, 6) is -0.403. The van der Waals surface area contributed by atoms with Crippen LogP contribution in [0.1, 0.15) is 12.0 Å². The number of piperazine rings is 1. The molecule has 1 aliphatic rings. The standard InChI is InChI=1S/C23H28N4O4/c1-25-11-13-26(14-12-25)10-5-15-30-22(28)24-19-7-4-6-18(16-19)17-27-20-8-2-3-9-21(20)31-23(27)29/h2-4,6-9,16H,5,10-15,17H2,1H3,(H,24,28). The summed E-state index contributed by atoms with van der Waals surface area (Å²) in [5, 5.41) is 2.77. The molecular weight excluding hydrogens is 396 g/mol. The third-order valence-corrected chi connectivity index (χ3v) is 5.54. The molecule has 0 saturated carbocycles. The Kier molecular flexibility index (Phi) is 6.69. The molecule has 1 N–H and O–H groups in total. The fourth-order valence-electron chi connectivity index (χ4n) is 3.77. The average molecular weight is 425 g/mol. The van der Waals surface area contributed by atoms with Crippen LogP contribution in [0.25, 0.3) is 11.1 Å². The van der Waals surface area contributed by atoms with E-state index in [1.807, 2.05) is 36.4 Å². The fraction of sp³-hybridized carbons (Fsp3) is 0.391. The molecule has 8 heteroatoms. The molecule has 0 atom stereocenters. The average Bonchev–Trinajstić information content (AvgIpc) is 3.08. The molecule has 8 nitrogen and oxygen atoms in total. The fourth-order valence-corrected chi connectivity index (χ4v) is 3.77. The number of oxazole rings is 1. The van der Waals surface area contributed by atoms with Crippen molar-refractivity contribution in [1.29, 1.82) is 0 Å². The smallest absolute Gasteiger partial charge is 0.420 e. The van der Waals surface area contributed by atoms with E-state index in [0.29, 0.717) is 24.4 Å². The summed E-state index contributed by atoms with van der Waals surface area (Å²) in [4.78, 5) is 29.0. The van der Waals surface area contributed by atoms with Crippen LogP contribution in [0.4, 0.5) is 10.5 Å². The second-order valence-corrected chi connectivity index (χ2v) is 7.88. The Morgan fingerprint density at radius 3 is 2.74 bits per heavy atom. The highest BCUT2D eigenvalue weighted by atomic mass is 16.5. The molecule has 0 radical (unpaired) electrons. The molecule has 31 heavy (non-hydrogen) atoms. The van der Waals surface area contributed by atoms with Gasteiger partial charge in [0, 0.05) is 38.4 Å². The first-order valence-corrected chi connectivity index (χ1v) is 10.6. The van der Waals surface area contributed by atoms with Crippen molar-refractivity contribution in [2.24, 2.45) is 0 Å². The number of amides is 1. The highest BCUT2D eigenvalue weighted by Gasteiger charge is 2.13. The van der Waals surface area contributed by atoms with Gasteiger partial charge in [-0.15, -0.1) is 0 Å². The number of likely N-dealkylation sites (N-methyl/N-ethyl adjacent to an activating group) is 1. The minimum absolute atomic E-state index is 0.353. The number of carbonyl (C=O) groups is 1. The van der Waals surface area contributed by atoms with E-state index < -0.39 is 11.8 Å². The van der Waals surface area contributed by atoms with E-state index in [4.69, 9.17) is 9.15 Å². The molecule has 1 fully saturated rings. The van der Waals surface area contributed by atoms with Gasteiger partial charge in [-0.05, 0) is 43.3 Å². The molecule has 0 bridgehead atoms. The van der Waals surface area contributed by atoms with Crippen molar-refractivity contribution in [2.45, 2.75) is 13.0 Å². The van der Waals surface area contributed by atoms with Crippen LogP contribution in [0.5, 0.6) is 0 Å². The molecule has 3 aromatic rings. The Hall–Kier alpha value is -3.10. The predicted molar refractivity (Wildman–Crippen MR) is 120 cm³/mol. The number of nitrogens with zero attached hydrogens (tertiary/aromatic N) is 3. The normalized spacial score (nSPS) is 15.3. The molecule has 0 spiro atoms. The number of hydrogen-bond acceptors (Lipinski definition) is 6. The van der Waals surface area contributed by atoms with Gasteiger partial charge in [-0.1, -0.05) is 24.3 Å². The molecule has 1 amide bonds. The zero-order valence-electron chi connectivity index (χ0n) is 17.8. The van der Waals surface area contributed by atoms with E-state index in [9.17, 15) is 9.59 Å². The Morgan fingerprint density at radius 1 is 1.10 bits per heavy atom. The number of benzene rings is 2. The molecule has 0 unspecified atom stereocenters. The summed E-state index contributed by atoms with van der Waals surface area (Å²) in [5.41, 5.74) is 2.80. The summed E-state index contributed by atoms with van der Waals surface area (Å²) in [6.07, 6.45) is 0.342. The largest absolute Gasteiger partial charge is 0.449 e. The van der Waals surface area contributed by atoms with Crippen LogP contribution >= 0.6 is 0 Å². The first kappa shape index (κ1) is 21.1. The van der Waals surface area contributed by atoms with Gasteiger partial charge in [0.25, 0.3) is 0 Å². The maximum atomic E-state index is 12.2. The van der Waals surface area contributed by atoms with Crippen molar-refractivity contribution in [3.05, 3.63) is 64.6 Å². The molecule has 4 rings (SSSR count). The number of hydrogen-bond donors (Lipinski definition) is 1. The van der Waals surface area contributed by atoms with Crippen molar-refractivity contribution in [3.8, 4) is 0 Å². The van der Waals surface area contributed by atoms with E-state index in [0.717, 1.165) is 50.2 Å². The Morgan fingerprint density at radius 2 is 1.90 bits per heavy atom. The lowest BCUT2D eigenvalue weighted by Gasteiger charge is -2.32. The number of fused-ring (bicyclic) bond motifs is 1. The van der Waals surface area contributed by atoms with E-state index >= 15 is 0 Å². The van der Waals surface area contributed by atoms with Crippen molar-refractivity contribution < 1.29 is 13.9 Å². The number of anilines is 1. The molecule has 2 heterocycles. The van der Waals surface area contributed by atoms with Crippen LogP contribution in [-0.2, 0) is 11.3 Å². The van der Waals surface area contributed by atoms with Crippen LogP contribution < -0.4 is 11.1 Å². The third-order valence-electron chi connectivity index (χ3n) is 5.54. The highest BCUT2D eigenvalue weighted by Crippen LogP contribution is 2.16. The number of aromatic nitrogens is 1. The number of nitrogens with one attached hydrogen (secondary N) is 1. The van der Waals surface area contributed by atoms with Gasteiger partial charge >= 0.3 is 11.8 Å². The summed E-state index contributed by atoms with van der Waals surface area (Å²) in [6.45, 7) is 5.95. The van der Waals surface area contributed by atoms with Crippen molar-refractivity contribution in [1.82, 2.24) is 14.4 Å². The Balaban J connectivity index is 1.27. The maximum absolute atomic E-state index is 12.2. The van der Waals surface area contributed by atoms with Gasteiger partial charge in [0.2, 0.25) is 0 Å². The van der Waals surface area contributed by atoms with E-state index in [-0.39, 0.29) is 0 Å². The lowest BCUT2D eigenvalue weighted by molar-refractivity contribution is 0.130. The summed E-state index contributed by atoms with van der Waals surface area (Å²) in [7, 11) is 2.13. The van der Waals surface area contributed by atoms with Crippen LogP contribution in [-0.4, -0.2) is 66.8 Å². The number of carbonyl (C=O) groups excluding carboxylic acids is 1. The van der Waals surface area contributed by atoms with Gasteiger partial charge in [0.15, 0.2) is 5.58 Å². The van der Waals surface area contributed by atoms with Gasteiger partial charge in [0.1, 0.15) is 0 Å².